The monoisotopic (exact) mass is 341 g/mol. The Morgan fingerprint density at radius 1 is 1.19 bits per heavy atom. The summed E-state index contributed by atoms with van der Waals surface area (Å²) in [6.07, 6.45) is 4.53. The number of hydrogen-bond acceptors (Lipinski definition) is 2. The van der Waals surface area contributed by atoms with Crippen LogP contribution in [0.5, 0.6) is 0 Å². The summed E-state index contributed by atoms with van der Waals surface area (Å²) in [7, 11) is 0. The van der Waals surface area contributed by atoms with Gasteiger partial charge in [-0.25, -0.2) is 4.68 Å². The number of nitrogens with one attached hydrogen (secondary N) is 1. The highest BCUT2D eigenvalue weighted by Crippen LogP contribution is 2.25. The molecule has 2 aromatic carbocycles. The standard InChI is InChI=1S/C17H16BrN3/c18-14-6-5-13(10-19-15-7-8-15)17(9-14)21-16-4-2-1-3-12(16)11-20-21/h1-6,9,11,15,19H,7-8,10H2. The van der Waals surface area contributed by atoms with E-state index in [1.54, 1.807) is 0 Å². The van der Waals surface area contributed by atoms with Crippen LogP contribution < -0.4 is 5.32 Å². The first-order valence-corrected chi connectivity index (χ1v) is 8.05. The quantitative estimate of drug-likeness (QED) is 0.776. The number of aromatic nitrogens is 2. The maximum atomic E-state index is 4.58. The molecule has 0 unspecified atom stereocenters. The fourth-order valence-electron chi connectivity index (χ4n) is 2.59. The number of para-hydroxylation sites is 1. The van der Waals surface area contributed by atoms with E-state index in [2.05, 4.69) is 62.7 Å². The lowest BCUT2D eigenvalue weighted by Gasteiger charge is -2.12. The SMILES string of the molecule is Brc1ccc(CNC2CC2)c(-n2ncc3ccccc32)c1. The molecule has 0 bridgehead atoms. The van der Waals surface area contributed by atoms with Gasteiger partial charge in [-0.05, 0) is 36.6 Å². The molecule has 4 rings (SSSR count). The summed E-state index contributed by atoms with van der Waals surface area (Å²) >= 11 is 3.58. The molecule has 3 aromatic rings. The lowest BCUT2D eigenvalue weighted by Crippen LogP contribution is -2.17. The van der Waals surface area contributed by atoms with Crippen molar-refractivity contribution < 1.29 is 0 Å². The van der Waals surface area contributed by atoms with Crippen LogP contribution in [0.2, 0.25) is 0 Å². The van der Waals surface area contributed by atoms with Gasteiger partial charge in [0, 0.05) is 22.4 Å². The number of benzene rings is 2. The molecule has 1 saturated carbocycles. The summed E-state index contributed by atoms with van der Waals surface area (Å²) in [4.78, 5) is 0. The number of rotatable bonds is 4. The highest BCUT2D eigenvalue weighted by molar-refractivity contribution is 9.10. The second-order valence-corrected chi connectivity index (χ2v) is 6.46. The van der Waals surface area contributed by atoms with E-state index in [4.69, 9.17) is 0 Å². The summed E-state index contributed by atoms with van der Waals surface area (Å²) in [6.45, 7) is 0.890. The van der Waals surface area contributed by atoms with Crippen molar-refractivity contribution in [3.05, 3.63) is 58.7 Å². The van der Waals surface area contributed by atoms with Crippen molar-refractivity contribution in [1.29, 1.82) is 0 Å². The van der Waals surface area contributed by atoms with Crippen molar-refractivity contribution in [1.82, 2.24) is 15.1 Å². The fourth-order valence-corrected chi connectivity index (χ4v) is 2.94. The van der Waals surface area contributed by atoms with Crippen molar-refractivity contribution in [2.75, 3.05) is 0 Å². The number of halogens is 1. The maximum absolute atomic E-state index is 4.58. The zero-order valence-electron chi connectivity index (χ0n) is 11.6. The summed E-state index contributed by atoms with van der Waals surface area (Å²) in [6, 6.07) is 15.4. The van der Waals surface area contributed by atoms with Crippen molar-refractivity contribution in [2.24, 2.45) is 0 Å². The van der Waals surface area contributed by atoms with E-state index < -0.39 is 0 Å². The van der Waals surface area contributed by atoms with Gasteiger partial charge in [-0.1, -0.05) is 40.2 Å². The van der Waals surface area contributed by atoms with Crippen molar-refractivity contribution in [3.63, 3.8) is 0 Å². The molecule has 1 heterocycles. The van der Waals surface area contributed by atoms with Gasteiger partial charge in [0.05, 0.1) is 17.4 Å². The topological polar surface area (TPSA) is 29.9 Å². The maximum Gasteiger partial charge on any atom is 0.0741 e. The highest BCUT2D eigenvalue weighted by Gasteiger charge is 2.21. The van der Waals surface area contributed by atoms with Gasteiger partial charge in [-0.2, -0.15) is 5.10 Å². The minimum atomic E-state index is 0.705. The van der Waals surface area contributed by atoms with E-state index >= 15 is 0 Å². The fraction of sp³-hybridized carbons (Fsp3) is 0.235. The minimum Gasteiger partial charge on any atom is -0.310 e. The first-order chi connectivity index (χ1) is 10.3. The molecule has 0 spiro atoms. The Morgan fingerprint density at radius 3 is 2.90 bits per heavy atom. The predicted octanol–water partition coefficient (Wildman–Crippen LogP) is 4.04. The van der Waals surface area contributed by atoms with Crippen LogP contribution in [0.4, 0.5) is 0 Å². The first kappa shape index (κ1) is 13.0. The van der Waals surface area contributed by atoms with Gasteiger partial charge >= 0.3 is 0 Å². The third-order valence-corrected chi connectivity index (χ3v) is 4.40. The molecule has 0 aliphatic heterocycles. The van der Waals surface area contributed by atoms with Crippen molar-refractivity contribution in [2.45, 2.75) is 25.4 Å². The highest BCUT2D eigenvalue weighted by atomic mass is 79.9. The van der Waals surface area contributed by atoms with Crippen LogP contribution in [0.3, 0.4) is 0 Å². The van der Waals surface area contributed by atoms with Crippen LogP contribution in [-0.4, -0.2) is 15.8 Å². The third kappa shape index (κ3) is 2.61. The van der Waals surface area contributed by atoms with Crippen LogP contribution in [0.15, 0.2) is 53.1 Å². The molecular weight excluding hydrogens is 326 g/mol. The Kier molecular flexibility index (Phi) is 3.28. The molecule has 1 aromatic heterocycles. The van der Waals surface area contributed by atoms with Gasteiger partial charge in [0.25, 0.3) is 0 Å². The van der Waals surface area contributed by atoms with Gasteiger partial charge in [0.2, 0.25) is 0 Å². The lowest BCUT2D eigenvalue weighted by molar-refractivity contribution is 0.682. The van der Waals surface area contributed by atoms with E-state index in [0.29, 0.717) is 6.04 Å². The number of hydrogen-bond donors (Lipinski definition) is 1. The van der Waals surface area contributed by atoms with E-state index in [0.717, 1.165) is 22.2 Å². The Balaban J connectivity index is 1.80. The Bertz CT molecular complexity index is 790. The van der Waals surface area contributed by atoms with Gasteiger partial charge in [-0.3, -0.25) is 0 Å². The van der Waals surface area contributed by atoms with Crippen molar-refractivity contribution in [3.8, 4) is 5.69 Å². The van der Waals surface area contributed by atoms with E-state index in [-0.39, 0.29) is 0 Å². The molecule has 4 heteroatoms. The van der Waals surface area contributed by atoms with Crippen LogP contribution >= 0.6 is 15.9 Å². The molecule has 0 saturated heterocycles. The second-order valence-electron chi connectivity index (χ2n) is 5.54. The van der Waals surface area contributed by atoms with Gasteiger partial charge in [-0.15, -0.1) is 0 Å². The molecule has 21 heavy (non-hydrogen) atoms. The van der Waals surface area contributed by atoms with Gasteiger partial charge in [0.1, 0.15) is 0 Å². The van der Waals surface area contributed by atoms with Crippen molar-refractivity contribution >= 4 is 26.8 Å². The first-order valence-electron chi connectivity index (χ1n) is 7.26. The van der Waals surface area contributed by atoms with Crippen LogP contribution in [0.1, 0.15) is 18.4 Å². The molecule has 106 valence electrons. The molecule has 1 aliphatic rings. The average Bonchev–Trinajstić information content (AvgIpc) is 3.23. The largest absolute Gasteiger partial charge is 0.310 e. The Morgan fingerprint density at radius 2 is 2.05 bits per heavy atom. The summed E-state index contributed by atoms with van der Waals surface area (Å²) in [5.74, 6) is 0. The summed E-state index contributed by atoms with van der Waals surface area (Å²) < 4.78 is 3.11. The molecular formula is C17H16BrN3. The predicted molar refractivity (Wildman–Crippen MR) is 88.6 cm³/mol. The Labute approximate surface area is 132 Å². The van der Waals surface area contributed by atoms with E-state index in [1.807, 2.05) is 16.9 Å². The second kappa shape index (κ2) is 5.28. The number of nitrogens with zero attached hydrogens (tertiary/aromatic N) is 2. The smallest absolute Gasteiger partial charge is 0.0741 e. The average molecular weight is 342 g/mol. The zero-order chi connectivity index (χ0) is 14.2. The molecule has 1 fully saturated rings. The molecule has 0 amide bonds. The molecule has 0 radical (unpaired) electrons. The molecule has 1 N–H and O–H groups in total. The minimum absolute atomic E-state index is 0.705. The van der Waals surface area contributed by atoms with E-state index in [9.17, 15) is 0 Å². The van der Waals surface area contributed by atoms with Crippen LogP contribution in [-0.2, 0) is 6.54 Å². The van der Waals surface area contributed by atoms with Gasteiger partial charge < -0.3 is 5.32 Å². The summed E-state index contributed by atoms with van der Waals surface area (Å²) in [5.41, 5.74) is 3.56. The third-order valence-electron chi connectivity index (χ3n) is 3.91. The normalized spacial score (nSPS) is 14.7. The van der Waals surface area contributed by atoms with E-state index in [1.165, 1.54) is 23.8 Å². The summed E-state index contributed by atoms with van der Waals surface area (Å²) in [5, 5.41) is 9.33. The molecule has 1 aliphatic carbocycles. The zero-order valence-corrected chi connectivity index (χ0v) is 13.2. The molecule has 3 nitrogen and oxygen atoms in total. The molecule has 0 atom stereocenters. The van der Waals surface area contributed by atoms with Crippen LogP contribution in [0.25, 0.3) is 16.6 Å². The van der Waals surface area contributed by atoms with Gasteiger partial charge in [0.15, 0.2) is 0 Å². The van der Waals surface area contributed by atoms with Crippen LogP contribution in [0, 0.1) is 0 Å². The lowest BCUT2D eigenvalue weighted by atomic mass is 10.1. The number of fused-ring (bicyclic) bond motifs is 1. The Hall–Kier alpha value is -1.65.